The molecule has 1 unspecified atom stereocenters. The second-order valence-corrected chi connectivity index (χ2v) is 6.20. The number of sulfone groups is 1. The van der Waals surface area contributed by atoms with E-state index in [9.17, 15) is 8.42 Å². The van der Waals surface area contributed by atoms with Crippen molar-refractivity contribution in [2.45, 2.75) is 11.8 Å². The number of benzene rings is 1. The molecule has 16 heavy (non-hydrogen) atoms. The van der Waals surface area contributed by atoms with Crippen molar-refractivity contribution in [2.24, 2.45) is 5.92 Å². The van der Waals surface area contributed by atoms with Crippen LogP contribution in [-0.2, 0) is 9.84 Å². The van der Waals surface area contributed by atoms with Crippen LogP contribution in [0.5, 0.6) is 0 Å². The van der Waals surface area contributed by atoms with Gasteiger partial charge in [-0.05, 0) is 18.1 Å². The molecular weight excluding hydrogens is 246 g/mol. The Balaban J connectivity index is 2.88. The summed E-state index contributed by atoms with van der Waals surface area (Å²) in [4.78, 5) is 0.330. The minimum absolute atomic E-state index is 0.300. The second-order valence-electron chi connectivity index (χ2n) is 3.91. The molecule has 0 bridgehead atoms. The highest BCUT2D eigenvalue weighted by molar-refractivity contribution is 7.90. The molecule has 0 aromatic heterocycles. The van der Waals surface area contributed by atoms with E-state index >= 15 is 0 Å². The lowest BCUT2D eigenvalue weighted by molar-refractivity contribution is 0.602. The zero-order valence-corrected chi connectivity index (χ0v) is 11.0. The predicted molar refractivity (Wildman–Crippen MR) is 67.9 cm³/mol. The fourth-order valence-corrected chi connectivity index (χ4v) is 2.25. The quantitative estimate of drug-likeness (QED) is 0.828. The van der Waals surface area contributed by atoms with Crippen molar-refractivity contribution in [3.05, 3.63) is 24.3 Å². The van der Waals surface area contributed by atoms with Crippen LogP contribution in [0.4, 0.5) is 5.69 Å². The average molecular weight is 262 g/mol. The Labute approximate surface area is 102 Å². The molecule has 0 aliphatic rings. The standard InChI is InChI=1S/C11H16ClNO2S/c1-9(7-12)8-13-10-5-3-4-6-11(10)16(2,14)15/h3-6,9,13H,7-8H2,1-2H3. The molecule has 90 valence electrons. The number of halogens is 1. The van der Waals surface area contributed by atoms with Gasteiger partial charge in [0.05, 0.1) is 10.6 Å². The molecule has 1 rings (SSSR count). The number of anilines is 1. The zero-order valence-electron chi connectivity index (χ0n) is 9.40. The summed E-state index contributed by atoms with van der Waals surface area (Å²) >= 11 is 5.69. The monoisotopic (exact) mass is 261 g/mol. The fourth-order valence-electron chi connectivity index (χ4n) is 1.27. The highest BCUT2D eigenvalue weighted by Crippen LogP contribution is 2.20. The third kappa shape index (κ3) is 3.68. The van der Waals surface area contributed by atoms with Gasteiger partial charge in [0.25, 0.3) is 0 Å². The number of alkyl halides is 1. The zero-order chi connectivity index (χ0) is 12.2. The SMILES string of the molecule is CC(CCl)CNc1ccccc1S(C)(=O)=O. The summed E-state index contributed by atoms with van der Waals surface area (Å²) in [5.41, 5.74) is 0.641. The molecule has 0 saturated heterocycles. The lowest BCUT2D eigenvalue weighted by atomic mass is 10.2. The van der Waals surface area contributed by atoms with E-state index in [1.165, 1.54) is 6.26 Å². The third-order valence-electron chi connectivity index (χ3n) is 2.19. The molecule has 0 spiro atoms. The summed E-state index contributed by atoms with van der Waals surface area (Å²) in [5.74, 6) is 0.850. The van der Waals surface area contributed by atoms with Gasteiger partial charge in [-0.1, -0.05) is 19.1 Å². The van der Waals surface area contributed by atoms with Crippen molar-refractivity contribution in [2.75, 3.05) is 24.0 Å². The van der Waals surface area contributed by atoms with Crippen LogP contribution in [0.15, 0.2) is 29.2 Å². The molecule has 0 aliphatic heterocycles. The van der Waals surface area contributed by atoms with Crippen LogP contribution < -0.4 is 5.32 Å². The van der Waals surface area contributed by atoms with E-state index in [0.29, 0.717) is 28.9 Å². The summed E-state index contributed by atoms with van der Waals surface area (Å²) in [7, 11) is -3.18. The van der Waals surface area contributed by atoms with Crippen LogP contribution in [-0.4, -0.2) is 27.1 Å². The van der Waals surface area contributed by atoms with Crippen LogP contribution in [0.25, 0.3) is 0 Å². The molecule has 0 aliphatic carbocycles. The van der Waals surface area contributed by atoms with E-state index in [4.69, 9.17) is 11.6 Å². The first-order valence-corrected chi connectivity index (χ1v) is 7.46. The molecular formula is C11H16ClNO2S. The van der Waals surface area contributed by atoms with Gasteiger partial charge < -0.3 is 5.32 Å². The van der Waals surface area contributed by atoms with Crippen LogP contribution in [0.2, 0.25) is 0 Å². The van der Waals surface area contributed by atoms with E-state index in [1.54, 1.807) is 18.2 Å². The normalized spacial score (nSPS) is 13.4. The topological polar surface area (TPSA) is 46.2 Å². The van der Waals surface area contributed by atoms with E-state index in [1.807, 2.05) is 13.0 Å². The smallest absolute Gasteiger partial charge is 0.177 e. The van der Waals surface area contributed by atoms with Crippen molar-refractivity contribution in [1.29, 1.82) is 0 Å². The first-order chi connectivity index (χ1) is 7.45. The lowest BCUT2D eigenvalue weighted by Crippen LogP contribution is -2.14. The highest BCUT2D eigenvalue weighted by atomic mass is 35.5. The molecule has 0 amide bonds. The minimum atomic E-state index is -3.18. The van der Waals surface area contributed by atoms with Gasteiger partial charge >= 0.3 is 0 Å². The molecule has 0 heterocycles. The maximum Gasteiger partial charge on any atom is 0.177 e. The molecule has 1 aromatic rings. The van der Waals surface area contributed by atoms with Gasteiger partial charge in [0.15, 0.2) is 9.84 Å². The number of rotatable bonds is 5. The van der Waals surface area contributed by atoms with Gasteiger partial charge in [0, 0.05) is 18.7 Å². The summed E-state index contributed by atoms with van der Waals surface area (Å²) in [6.45, 7) is 2.67. The first-order valence-electron chi connectivity index (χ1n) is 5.04. The number of para-hydroxylation sites is 1. The Morgan fingerprint density at radius 3 is 2.56 bits per heavy atom. The highest BCUT2D eigenvalue weighted by Gasteiger charge is 2.12. The molecule has 1 atom stereocenters. The van der Waals surface area contributed by atoms with E-state index < -0.39 is 9.84 Å². The van der Waals surface area contributed by atoms with Gasteiger partial charge in [-0.2, -0.15) is 0 Å². The maximum absolute atomic E-state index is 11.5. The molecule has 1 aromatic carbocycles. The average Bonchev–Trinajstić information content (AvgIpc) is 2.25. The summed E-state index contributed by atoms with van der Waals surface area (Å²) in [6, 6.07) is 6.88. The Morgan fingerprint density at radius 1 is 1.38 bits per heavy atom. The molecule has 3 nitrogen and oxygen atoms in total. The largest absolute Gasteiger partial charge is 0.384 e. The van der Waals surface area contributed by atoms with Crippen LogP contribution in [0, 0.1) is 5.92 Å². The minimum Gasteiger partial charge on any atom is -0.384 e. The third-order valence-corrected chi connectivity index (χ3v) is 3.87. The predicted octanol–water partition coefficient (Wildman–Crippen LogP) is 2.38. The van der Waals surface area contributed by atoms with Crippen LogP contribution in [0.3, 0.4) is 0 Å². The lowest BCUT2D eigenvalue weighted by Gasteiger charge is -2.13. The number of hydrogen-bond acceptors (Lipinski definition) is 3. The van der Waals surface area contributed by atoms with Crippen molar-refractivity contribution in [3.8, 4) is 0 Å². The summed E-state index contributed by atoms with van der Waals surface area (Å²) in [5, 5.41) is 3.11. The van der Waals surface area contributed by atoms with E-state index in [-0.39, 0.29) is 0 Å². The Hall–Kier alpha value is -0.740. The number of nitrogens with one attached hydrogen (secondary N) is 1. The van der Waals surface area contributed by atoms with Gasteiger partial charge in [0.2, 0.25) is 0 Å². The van der Waals surface area contributed by atoms with Crippen molar-refractivity contribution in [3.63, 3.8) is 0 Å². The molecule has 1 N–H and O–H groups in total. The molecule has 0 saturated carbocycles. The maximum atomic E-state index is 11.5. The van der Waals surface area contributed by atoms with Crippen molar-refractivity contribution >= 4 is 27.1 Å². The van der Waals surface area contributed by atoms with Crippen molar-refractivity contribution < 1.29 is 8.42 Å². The molecule has 5 heteroatoms. The van der Waals surface area contributed by atoms with Gasteiger partial charge in [-0.3, -0.25) is 0 Å². The second kappa shape index (κ2) is 5.55. The van der Waals surface area contributed by atoms with E-state index in [0.717, 1.165) is 0 Å². The van der Waals surface area contributed by atoms with Crippen molar-refractivity contribution in [1.82, 2.24) is 0 Å². The van der Waals surface area contributed by atoms with E-state index in [2.05, 4.69) is 5.32 Å². The van der Waals surface area contributed by atoms with Gasteiger partial charge in [0.1, 0.15) is 0 Å². The Kier molecular flexibility index (Phi) is 4.62. The van der Waals surface area contributed by atoms with Crippen LogP contribution in [0.1, 0.15) is 6.92 Å². The van der Waals surface area contributed by atoms with Crippen LogP contribution >= 0.6 is 11.6 Å². The Bertz CT molecular complexity index is 445. The molecule has 0 radical (unpaired) electrons. The van der Waals surface area contributed by atoms with Gasteiger partial charge in [-0.25, -0.2) is 8.42 Å². The molecule has 0 fully saturated rings. The first kappa shape index (κ1) is 13.3. The summed E-state index contributed by atoms with van der Waals surface area (Å²) < 4.78 is 23.0. The number of hydrogen-bond donors (Lipinski definition) is 1. The fraction of sp³-hybridized carbons (Fsp3) is 0.455. The van der Waals surface area contributed by atoms with Gasteiger partial charge in [-0.15, -0.1) is 11.6 Å². The summed E-state index contributed by atoms with van der Waals surface area (Å²) in [6.07, 6.45) is 1.21. The Morgan fingerprint density at radius 2 is 2.00 bits per heavy atom.